The highest BCUT2D eigenvalue weighted by Gasteiger charge is 2.19. The molecule has 0 saturated carbocycles. The zero-order chi connectivity index (χ0) is 17.2. The number of nitrogens with zero attached hydrogens (tertiary/aromatic N) is 1. The minimum Gasteiger partial charge on any atom is -0.339 e. The summed E-state index contributed by atoms with van der Waals surface area (Å²) in [5.74, 6) is 0.00583. The van der Waals surface area contributed by atoms with Crippen molar-refractivity contribution in [2.45, 2.75) is 23.5 Å². The molecule has 0 atom stereocenters. The van der Waals surface area contributed by atoms with E-state index in [-0.39, 0.29) is 10.1 Å². The van der Waals surface area contributed by atoms with Gasteiger partial charge >= 0.3 is 0 Å². The minimum atomic E-state index is -3.60. The first-order chi connectivity index (χ1) is 11.5. The molecular formula is C16H17BrN2O3S2. The standard InChI is InChI=1S/C16H17BrN2O3S2/c17-14-8-9-15(23-14)24(21,22)18-13-6-4-12(5-7-13)16(20)19-10-2-1-3-11-19/h4-9,18H,1-3,10-11H2. The molecule has 8 heteroatoms. The first-order valence-corrected chi connectivity index (χ1v) is 10.7. The van der Waals surface area contributed by atoms with Crippen LogP contribution in [-0.4, -0.2) is 32.3 Å². The Bertz CT molecular complexity index is 825. The lowest BCUT2D eigenvalue weighted by atomic mass is 10.1. The van der Waals surface area contributed by atoms with Crippen LogP contribution < -0.4 is 4.72 Å². The fourth-order valence-electron chi connectivity index (χ4n) is 2.61. The lowest BCUT2D eigenvalue weighted by Gasteiger charge is -2.26. The molecule has 2 heterocycles. The van der Waals surface area contributed by atoms with Crippen LogP contribution in [0.5, 0.6) is 0 Å². The summed E-state index contributed by atoms with van der Waals surface area (Å²) < 4.78 is 28.1. The molecule has 1 fully saturated rings. The molecule has 5 nitrogen and oxygen atoms in total. The van der Waals surface area contributed by atoms with E-state index in [1.165, 1.54) is 6.42 Å². The predicted molar refractivity (Wildman–Crippen MR) is 99.0 cm³/mol. The van der Waals surface area contributed by atoms with Crippen LogP contribution in [-0.2, 0) is 10.0 Å². The van der Waals surface area contributed by atoms with E-state index in [1.54, 1.807) is 36.4 Å². The van der Waals surface area contributed by atoms with Crippen LogP contribution in [0.15, 0.2) is 44.4 Å². The summed E-state index contributed by atoms with van der Waals surface area (Å²) in [6, 6.07) is 9.82. The van der Waals surface area contributed by atoms with Gasteiger partial charge < -0.3 is 4.90 Å². The summed E-state index contributed by atoms with van der Waals surface area (Å²) >= 11 is 4.40. The summed E-state index contributed by atoms with van der Waals surface area (Å²) in [6.45, 7) is 1.58. The minimum absolute atomic E-state index is 0.00583. The van der Waals surface area contributed by atoms with Gasteiger partial charge in [0, 0.05) is 24.3 Å². The number of hydrogen-bond acceptors (Lipinski definition) is 4. The molecule has 0 aliphatic carbocycles. The highest BCUT2D eigenvalue weighted by Crippen LogP contribution is 2.27. The summed E-state index contributed by atoms with van der Waals surface area (Å²) in [5, 5.41) is 0. The third kappa shape index (κ3) is 3.99. The average molecular weight is 429 g/mol. The molecule has 3 rings (SSSR count). The van der Waals surface area contributed by atoms with E-state index < -0.39 is 10.0 Å². The highest BCUT2D eigenvalue weighted by atomic mass is 79.9. The van der Waals surface area contributed by atoms with Gasteiger partial charge in [-0.05, 0) is 71.6 Å². The number of amides is 1. The molecule has 1 saturated heterocycles. The Kier molecular flexibility index (Phi) is 5.27. The molecule has 1 aromatic carbocycles. The quantitative estimate of drug-likeness (QED) is 0.801. The molecule has 1 N–H and O–H groups in total. The zero-order valence-corrected chi connectivity index (χ0v) is 16.1. The number of anilines is 1. The molecule has 128 valence electrons. The van der Waals surface area contributed by atoms with E-state index in [4.69, 9.17) is 0 Å². The van der Waals surface area contributed by atoms with Crippen LogP contribution in [0.1, 0.15) is 29.6 Å². The van der Waals surface area contributed by atoms with Crippen LogP contribution in [0.25, 0.3) is 0 Å². The van der Waals surface area contributed by atoms with Crippen molar-refractivity contribution in [2.24, 2.45) is 0 Å². The SMILES string of the molecule is O=C(c1ccc(NS(=O)(=O)c2ccc(Br)s2)cc1)N1CCCCC1. The molecule has 0 bridgehead atoms. The molecular weight excluding hydrogens is 412 g/mol. The number of hydrogen-bond donors (Lipinski definition) is 1. The first kappa shape index (κ1) is 17.4. The third-order valence-electron chi connectivity index (χ3n) is 3.84. The van der Waals surface area contributed by atoms with Gasteiger partial charge in [0.2, 0.25) is 0 Å². The number of sulfonamides is 1. The van der Waals surface area contributed by atoms with Gasteiger partial charge in [-0.1, -0.05) is 0 Å². The van der Waals surface area contributed by atoms with Crippen LogP contribution >= 0.6 is 27.3 Å². The number of likely N-dealkylation sites (tertiary alicyclic amines) is 1. The number of carbonyl (C=O) groups excluding carboxylic acids is 1. The number of thiophene rings is 1. The second-order valence-electron chi connectivity index (χ2n) is 5.59. The Morgan fingerprint density at radius 1 is 1.04 bits per heavy atom. The summed E-state index contributed by atoms with van der Waals surface area (Å²) in [5.41, 5.74) is 1.02. The maximum atomic E-state index is 12.4. The Morgan fingerprint density at radius 3 is 2.29 bits per heavy atom. The lowest BCUT2D eigenvalue weighted by molar-refractivity contribution is 0.0724. The van der Waals surface area contributed by atoms with Gasteiger partial charge in [-0.2, -0.15) is 0 Å². The first-order valence-electron chi connectivity index (χ1n) is 7.63. The van der Waals surface area contributed by atoms with Crippen molar-refractivity contribution in [1.29, 1.82) is 0 Å². The fourth-order valence-corrected chi connectivity index (χ4v) is 5.68. The second-order valence-corrected chi connectivity index (χ2v) is 9.97. The van der Waals surface area contributed by atoms with Gasteiger partial charge in [0.05, 0.1) is 3.79 Å². The number of benzene rings is 1. The van der Waals surface area contributed by atoms with Crippen molar-refractivity contribution >= 4 is 48.9 Å². The molecule has 1 aliphatic rings. The molecule has 0 radical (unpaired) electrons. The number of rotatable bonds is 4. The Labute approximate surface area is 153 Å². The molecule has 1 aliphatic heterocycles. The topological polar surface area (TPSA) is 66.5 Å². The zero-order valence-electron chi connectivity index (χ0n) is 12.9. The van der Waals surface area contributed by atoms with Gasteiger partial charge in [0.15, 0.2) is 0 Å². The molecule has 1 amide bonds. The third-order valence-corrected chi connectivity index (χ3v) is 7.34. The van der Waals surface area contributed by atoms with E-state index in [9.17, 15) is 13.2 Å². The van der Waals surface area contributed by atoms with Crippen LogP contribution in [0.2, 0.25) is 0 Å². The largest absolute Gasteiger partial charge is 0.339 e. The summed E-state index contributed by atoms with van der Waals surface area (Å²) in [7, 11) is -3.60. The van der Waals surface area contributed by atoms with Gasteiger partial charge in [-0.3, -0.25) is 9.52 Å². The van der Waals surface area contributed by atoms with E-state index >= 15 is 0 Å². The van der Waals surface area contributed by atoms with Crippen LogP contribution in [0, 0.1) is 0 Å². The van der Waals surface area contributed by atoms with Crippen LogP contribution in [0.4, 0.5) is 5.69 Å². The normalized spacial score (nSPS) is 15.3. The van der Waals surface area contributed by atoms with Crippen molar-refractivity contribution in [1.82, 2.24) is 4.90 Å². The smallest absolute Gasteiger partial charge is 0.271 e. The number of halogens is 1. The van der Waals surface area contributed by atoms with Gasteiger partial charge in [-0.25, -0.2) is 8.42 Å². The summed E-state index contributed by atoms with van der Waals surface area (Å²) in [6.07, 6.45) is 3.25. The fraction of sp³-hybridized carbons (Fsp3) is 0.312. The number of carbonyl (C=O) groups is 1. The Balaban J connectivity index is 1.71. The molecule has 24 heavy (non-hydrogen) atoms. The summed E-state index contributed by atoms with van der Waals surface area (Å²) in [4.78, 5) is 14.3. The Morgan fingerprint density at radius 2 is 1.71 bits per heavy atom. The van der Waals surface area contributed by atoms with Gasteiger partial charge in [0.1, 0.15) is 4.21 Å². The van der Waals surface area contributed by atoms with Crippen molar-refractivity contribution in [3.05, 3.63) is 45.7 Å². The van der Waals surface area contributed by atoms with E-state index in [1.807, 2.05) is 4.90 Å². The predicted octanol–water partition coefficient (Wildman–Crippen LogP) is 3.94. The second kappa shape index (κ2) is 7.25. The van der Waals surface area contributed by atoms with E-state index in [0.29, 0.717) is 11.3 Å². The van der Waals surface area contributed by atoms with Gasteiger partial charge in [0.25, 0.3) is 15.9 Å². The Hall–Kier alpha value is -1.38. The van der Waals surface area contributed by atoms with Crippen molar-refractivity contribution in [3.8, 4) is 0 Å². The van der Waals surface area contributed by atoms with Crippen LogP contribution in [0.3, 0.4) is 0 Å². The number of piperidine rings is 1. The maximum Gasteiger partial charge on any atom is 0.271 e. The molecule has 0 spiro atoms. The molecule has 0 unspecified atom stereocenters. The lowest BCUT2D eigenvalue weighted by Crippen LogP contribution is -2.35. The number of nitrogens with one attached hydrogen (secondary N) is 1. The van der Waals surface area contributed by atoms with Crippen molar-refractivity contribution in [2.75, 3.05) is 17.8 Å². The molecule has 2 aromatic rings. The van der Waals surface area contributed by atoms with Gasteiger partial charge in [-0.15, -0.1) is 11.3 Å². The van der Waals surface area contributed by atoms with Crippen molar-refractivity contribution < 1.29 is 13.2 Å². The van der Waals surface area contributed by atoms with Crippen molar-refractivity contribution in [3.63, 3.8) is 0 Å². The monoisotopic (exact) mass is 428 g/mol. The van der Waals surface area contributed by atoms with E-state index in [2.05, 4.69) is 20.7 Å². The average Bonchev–Trinajstić information content (AvgIpc) is 3.03. The van der Waals surface area contributed by atoms with E-state index in [0.717, 1.165) is 41.1 Å². The highest BCUT2D eigenvalue weighted by molar-refractivity contribution is 9.11. The maximum absolute atomic E-state index is 12.4. The molecule has 1 aromatic heterocycles.